The monoisotopic (exact) mass is 319 g/mol. The van der Waals surface area contributed by atoms with Gasteiger partial charge in [-0.15, -0.1) is 0 Å². The molecule has 0 heterocycles. The van der Waals surface area contributed by atoms with Gasteiger partial charge in [0.2, 0.25) is 0 Å². The van der Waals surface area contributed by atoms with E-state index >= 15 is 0 Å². The Bertz CT molecular complexity index is 585. The van der Waals surface area contributed by atoms with Gasteiger partial charge in [-0.1, -0.05) is 48.9 Å². The molecule has 0 aliphatic rings. The molecule has 0 amide bonds. The van der Waals surface area contributed by atoms with Crippen molar-refractivity contribution < 1.29 is 9.84 Å². The molecule has 0 spiro atoms. The maximum atomic E-state index is 9.25. The molecule has 0 saturated heterocycles. The number of ether oxygens (including phenoxy) is 1. The highest BCUT2D eigenvalue weighted by molar-refractivity contribution is 6.30. The fourth-order valence-electron chi connectivity index (χ4n) is 2.17. The second-order valence-corrected chi connectivity index (χ2v) is 5.63. The number of nitrogens with one attached hydrogen (secondary N) is 1. The van der Waals surface area contributed by atoms with Crippen molar-refractivity contribution in [3.05, 3.63) is 64.7 Å². The normalized spacial score (nSPS) is 12.1. The molecule has 0 aromatic heterocycles. The minimum atomic E-state index is 0.112. The highest BCUT2D eigenvalue weighted by Crippen LogP contribution is 2.20. The van der Waals surface area contributed by atoms with Gasteiger partial charge in [0.25, 0.3) is 0 Å². The second kappa shape index (κ2) is 8.79. The Hall–Kier alpha value is -1.55. The van der Waals surface area contributed by atoms with Crippen LogP contribution in [0.5, 0.6) is 5.75 Å². The summed E-state index contributed by atoms with van der Waals surface area (Å²) in [7, 11) is 0. The molecule has 1 atom stereocenters. The average Bonchev–Trinajstić information content (AvgIpc) is 2.55. The molecule has 0 aliphatic carbocycles. The summed E-state index contributed by atoms with van der Waals surface area (Å²) in [5.41, 5.74) is 2.12. The highest BCUT2D eigenvalue weighted by Gasteiger charge is 2.07. The van der Waals surface area contributed by atoms with Gasteiger partial charge >= 0.3 is 0 Å². The minimum absolute atomic E-state index is 0.112. The van der Waals surface area contributed by atoms with Crippen LogP contribution in [0.4, 0.5) is 0 Å². The third kappa shape index (κ3) is 5.02. The maximum absolute atomic E-state index is 9.25. The fraction of sp³-hybridized carbons (Fsp3) is 0.333. The van der Waals surface area contributed by atoms with Gasteiger partial charge in [0, 0.05) is 23.2 Å². The third-order valence-corrected chi connectivity index (χ3v) is 3.79. The number of aliphatic hydroxyl groups excluding tert-OH is 1. The number of halogens is 1. The van der Waals surface area contributed by atoms with Crippen molar-refractivity contribution in [1.29, 1.82) is 0 Å². The van der Waals surface area contributed by atoms with Gasteiger partial charge in [0.15, 0.2) is 0 Å². The Labute approximate surface area is 136 Å². The molecule has 0 saturated carbocycles. The molecule has 2 aromatic rings. The molecule has 2 aromatic carbocycles. The van der Waals surface area contributed by atoms with Gasteiger partial charge in [-0.2, -0.15) is 0 Å². The largest absolute Gasteiger partial charge is 0.489 e. The van der Waals surface area contributed by atoms with Crippen molar-refractivity contribution >= 4 is 11.6 Å². The van der Waals surface area contributed by atoms with E-state index in [1.54, 1.807) is 0 Å². The molecule has 118 valence electrons. The van der Waals surface area contributed by atoms with Crippen LogP contribution in [0.3, 0.4) is 0 Å². The zero-order chi connectivity index (χ0) is 15.8. The lowest BCUT2D eigenvalue weighted by Crippen LogP contribution is -2.31. The SMILES string of the molecule is CC[C@@H](CO)NCc1ccccc1OCc1cccc(Cl)c1. The van der Waals surface area contributed by atoms with Crippen molar-refractivity contribution in [2.45, 2.75) is 32.5 Å². The number of aliphatic hydroxyl groups is 1. The lowest BCUT2D eigenvalue weighted by molar-refractivity contribution is 0.237. The summed E-state index contributed by atoms with van der Waals surface area (Å²) in [6.45, 7) is 3.34. The standard InChI is InChI=1S/C18H22ClNO2/c1-2-17(12-21)20-11-15-7-3-4-9-18(15)22-13-14-6-5-8-16(19)10-14/h3-10,17,20-21H,2,11-13H2,1H3/t17-/m0/s1. The van der Waals surface area contributed by atoms with Crippen LogP contribution in [0.1, 0.15) is 24.5 Å². The van der Waals surface area contributed by atoms with Crippen LogP contribution in [0.15, 0.2) is 48.5 Å². The van der Waals surface area contributed by atoms with Gasteiger partial charge in [0.1, 0.15) is 12.4 Å². The molecular weight excluding hydrogens is 298 g/mol. The maximum Gasteiger partial charge on any atom is 0.124 e. The number of para-hydroxylation sites is 1. The van der Waals surface area contributed by atoms with E-state index in [4.69, 9.17) is 16.3 Å². The molecular formula is C18H22ClNO2. The van der Waals surface area contributed by atoms with Crippen molar-refractivity contribution in [2.24, 2.45) is 0 Å². The first-order chi connectivity index (χ1) is 10.7. The Morgan fingerprint density at radius 3 is 2.73 bits per heavy atom. The van der Waals surface area contributed by atoms with Crippen molar-refractivity contribution in [3.8, 4) is 5.75 Å². The molecule has 0 aliphatic heterocycles. The zero-order valence-electron chi connectivity index (χ0n) is 12.8. The molecule has 3 nitrogen and oxygen atoms in total. The number of hydrogen-bond donors (Lipinski definition) is 2. The van der Waals surface area contributed by atoms with E-state index in [0.29, 0.717) is 18.2 Å². The lowest BCUT2D eigenvalue weighted by atomic mass is 10.1. The van der Waals surface area contributed by atoms with Gasteiger partial charge < -0.3 is 15.2 Å². The second-order valence-electron chi connectivity index (χ2n) is 5.19. The van der Waals surface area contributed by atoms with Crippen LogP contribution in [0.25, 0.3) is 0 Å². The van der Waals surface area contributed by atoms with Crippen LogP contribution in [0.2, 0.25) is 5.02 Å². The molecule has 0 bridgehead atoms. The molecule has 0 radical (unpaired) electrons. The summed E-state index contributed by atoms with van der Waals surface area (Å²) < 4.78 is 5.92. The first-order valence-corrected chi connectivity index (χ1v) is 7.90. The predicted molar refractivity (Wildman–Crippen MR) is 90.2 cm³/mol. The zero-order valence-corrected chi connectivity index (χ0v) is 13.5. The van der Waals surface area contributed by atoms with E-state index in [1.807, 2.05) is 48.5 Å². The Balaban J connectivity index is 1.99. The van der Waals surface area contributed by atoms with E-state index < -0.39 is 0 Å². The van der Waals surface area contributed by atoms with Gasteiger partial charge in [0.05, 0.1) is 6.61 Å². The van der Waals surface area contributed by atoms with Crippen molar-refractivity contribution in [2.75, 3.05) is 6.61 Å². The smallest absolute Gasteiger partial charge is 0.124 e. The highest BCUT2D eigenvalue weighted by atomic mass is 35.5. The van der Waals surface area contributed by atoms with Gasteiger partial charge in [-0.25, -0.2) is 0 Å². The first-order valence-electron chi connectivity index (χ1n) is 7.52. The Morgan fingerprint density at radius 2 is 2.00 bits per heavy atom. The molecule has 4 heteroatoms. The fourth-order valence-corrected chi connectivity index (χ4v) is 2.38. The first kappa shape index (κ1) is 16.8. The quantitative estimate of drug-likeness (QED) is 0.778. The van der Waals surface area contributed by atoms with Gasteiger partial charge in [-0.05, 0) is 30.2 Å². The molecule has 2 N–H and O–H groups in total. The van der Waals surface area contributed by atoms with E-state index in [-0.39, 0.29) is 12.6 Å². The summed E-state index contributed by atoms with van der Waals surface area (Å²) in [5, 5.41) is 13.3. The summed E-state index contributed by atoms with van der Waals surface area (Å²) in [5.74, 6) is 0.850. The molecule has 0 fully saturated rings. The van der Waals surface area contributed by atoms with Crippen LogP contribution < -0.4 is 10.1 Å². The Kier molecular flexibility index (Phi) is 6.72. The molecule has 0 unspecified atom stereocenters. The summed E-state index contributed by atoms with van der Waals surface area (Å²) in [4.78, 5) is 0. The minimum Gasteiger partial charge on any atom is -0.489 e. The predicted octanol–water partition coefficient (Wildman–Crippen LogP) is 3.78. The van der Waals surface area contributed by atoms with Crippen LogP contribution in [0, 0.1) is 0 Å². The topological polar surface area (TPSA) is 41.5 Å². The number of rotatable bonds is 8. The lowest BCUT2D eigenvalue weighted by Gasteiger charge is -2.16. The van der Waals surface area contributed by atoms with Crippen LogP contribution >= 0.6 is 11.6 Å². The third-order valence-electron chi connectivity index (χ3n) is 3.55. The van der Waals surface area contributed by atoms with E-state index in [2.05, 4.69) is 12.2 Å². The van der Waals surface area contributed by atoms with E-state index in [9.17, 15) is 5.11 Å². The average molecular weight is 320 g/mol. The number of hydrogen-bond acceptors (Lipinski definition) is 3. The number of benzene rings is 2. The van der Waals surface area contributed by atoms with Crippen molar-refractivity contribution in [3.63, 3.8) is 0 Å². The van der Waals surface area contributed by atoms with Crippen LogP contribution in [-0.2, 0) is 13.2 Å². The van der Waals surface area contributed by atoms with Gasteiger partial charge in [-0.3, -0.25) is 0 Å². The van der Waals surface area contributed by atoms with E-state index in [1.165, 1.54) is 0 Å². The molecule has 22 heavy (non-hydrogen) atoms. The van der Waals surface area contributed by atoms with E-state index in [0.717, 1.165) is 23.3 Å². The van der Waals surface area contributed by atoms with Crippen LogP contribution in [-0.4, -0.2) is 17.8 Å². The summed E-state index contributed by atoms with van der Waals surface area (Å²) >= 11 is 5.99. The Morgan fingerprint density at radius 1 is 1.18 bits per heavy atom. The molecule has 2 rings (SSSR count). The summed E-state index contributed by atoms with van der Waals surface area (Å²) in [6, 6.07) is 15.7. The van der Waals surface area contributed by atoms with Crippen molar-refractivity contribution in [1.82, 2.24) is 5.32 Å². The summed E-state index contributed by atoms with van der Waals surface area (Å²) in [6.07, 6.45) is 0.891.